The Morgan fingerprint density at radius 1 is 1.08 bits per heavy atom. The van der Waals surface area contributed by atoms with Crippen molar-refractivity contribution in [1.82, 2.24) is 0 Å². The zero-order chi connectivity index (χ0) is 16.4. The molecule has 3 aromatic rings. The number of hydrogen-bond donors (Lipinski definition) is 2. The Balaban J connectivity index is 0.00000208. The van der Waals surface area contributed by atoms with Gasteiger partial charge in [-0.05, 0) is 41.1 Å². The van der Waals surface area contributed by atoms with E-state index in [1.165, 1.54) is 7.11 Å². The molecule has 0 bridgehead atoms. The maximum atomic E-state index is 12.5. The Labute approximate surface area is 166 Å². The van der Waals surface area contributed by atoms with Gasteiger partial charge >= 0.3 is 29.6 Å². The Hall–Kier alpha value is -1.72. The third-order valence-corrected chi connectivity index (χ3v) is 3.75. The van der Waals surface area contributed by atoms with Crippen LogP contribution in [0.2, 0.25) is 5.02 Å². The van der Waals surface area contributed by atoms with Crippen LogP contribution in [0, 0.1) is 0 Å². The predicted octanol–water partition coefficient (Wildman–Crippen LogP) is 1.46. The number of phenolic OH excluding ortho intramolecular Hbond substituents is 1. The summed E-state index contributed by atoms with van der Waals surface area (Å²) in [5.74, 6) is -0.0287. The van der Waals surface area contributed by atoms with E-state index in [0.29, 0.717) is 16.5 Å². The van der Waals surface area contributed by atoms with Crippen LogP contribution in [-0.2, 0) is 0 Å². The van der Waals surface area contributed by atoms with E-state index in [-0.39, 0.29) is 40.9 Å². The molecule has 2 N–H and O–H groups in total. The van der Waals surface area contributed by atoms with Gasteiger partial charge in [0.1, 0.15) is 11.5 Å². The zero-order valence-corrected chi connectivity index (χ0v) is 16.1. The number of nitrogens with one attached hydrogen (secondary N) is 1. The molecule has 24 heavy (non-hydrogen) atoms. The third kappa shape index (κ3) is 3.84. The molecule has 0 saturated heterocycles. The van der Waals surface area contributed by atoms with Crippen molar-refractivity contribution in [3.8, 4) is 11.5 Å². The summed E-state index contributed by atoms with van der Waals surface area (Å²) >= 11 is 5.96. The number of methoxy groups -OCH3 is 1. The van der Waals surface area contributed by atoms with Gasteiger partial charge in [-0.15, -0.1) is 0 Å². The number of aromatic hydroxyl groups is 1. The van der Waals surface area contributed by atoms with Gasteiger partial charge < -0.3 is 15.2 Å². The maximum Gasteiger partial charge on any atom is 1.00 e. The summed E-state index contributed by atoms with van der Waals surface area (Å²) in [5, 5.41) is 15.0. The van der Waals surface area contributed by atoms with Crippen LogP contribution in [0.5, 0.6) is 11.5 Å². The van der Waals surface area contributed by atoms with Crippen molar-refractivity contribution in [2.24, 2.45) is 0 Å². The van der Waals surface area contributed by atoms with Gasteiger partial charge in [0.15, 0.2) is 0 Å². The zero-order valence-electron chi connectivity index (χ0n) is 13.3. The van der Waals surface area contributed by atoms with Gasteiger partial charge in [-0.1, -0.05) is 35.9 Å². The number of carbonyl (C=O) groups is 1. The summed E-state index contributed by atoms with van der Waals surface area (Å²) in [6, 6.07) is 15.6. The number of carbonyl (C=O) groups excluding carboxylic acids is 1. The first-order chi connectivity index (χ1) is 11.1. The topological polar surface area (TPSA) is 58.6 Å². The number of anilines is 1. The number of hydrogen-bond acceptors (Lipinski definition) is 3. The number of ether oxygens (including phenoxy) is 1. The summed E-state index contributed by atoms with van der Waals surface area (Å²) in [5.41, 5.74) is 0.628. The van der Waals surface area contributed by atoms with Gasteiger partial charge in [0.05, 0.1) is 18.4 Å². The normalized spacial score (nSPS) is 10.1. The number of halogens is 1. The average Bonchev–Trinajstić information content (AvgIpc) is 2.54. The average molecular weight is 351 g/mol. The van der Waals surface area contributed by atoms with E-state index in [0.717, 1.165) is 10.8 Å². The van der Waals surface area contributed by atoms with Crippen LogP contribution in [0.4, 0.5) is 5.69 Å². The van der Waals surface area contributed by atoms with Crippen LogP contribution in [0.25, 0.3) is 10.8 Å². The molecule has 0 aromatic heterocycles. The van der Waals surface area contributed by atoms with Gasteiger partial charge in [-0.2, -0.15) is 0 Å². The molecule has 0 heterocycles. The van der Waals surface area contributed by atoms with Crippen LogP contribution >= 0.6 is 11.6 Å². The molecule has 0 atom stereocenters. The second-order valence-corrected chi connectivity index (χ2v) is 5.45. The molecular weight excluding hydrogens is 337 g/mol. The largest absolute Gasteiger partial charge is 1.00 e. The molecule has 0 radical (unpaired) electrons. The van der Waals surface area contributed by atoms with Gasteiger partial charge in [0.2, 0.25) is 0 Å². The molecule has 4 nitrogen and oxygen atoms in total. The summed E-state index contributed by atoms with van der Waals surface area (Å²) in [7, 11) is 1.51. The van der Waals surface area contributed by atoms with Crippen molar-refractivity contribution in [3.05, 3.63) is 65.2 Å². The molecule has 6 heteroatoms. The van der Waals surface area contributed by atoms with Crippen molar-refractivity contribution in [3.63, 3.8) is 0 Å². The van der Waals surface area contributed by atoms with E-state index in [9.17, 15) is 9.90 Å². The van der Waals surface area contributed by atoms with Crippen molar-refractivity contribution in [2.45, 2.75) is 0 Å². The number of amides is 1. The van der Waals surface area contributed by atoms with Gasteiger partial charge in [-0.3, -0.25) is 4.79 Å². The molecule has 3 rings (SSSR count). The molecule has 0 spiro atoms. The molecule has 0 fully saturated rings. The van der Waals surface area contributed by atoms with Crippen LogP contribution in [0.1, 0.15) is 10.4 Å². The Bertz CT molecular complexity index is 899. The molecular formula is C18H14ClNNaO3+. The minimum Gasteiger partial charge on any atom is -0.507 e. The second kappa shape index (κ2) is 7.90. The van der Waals surface area contributed by atoms with Crippen LogP contribution in [-0.4, -0.2) is 18.1 Å². The molecule has 0 aliphatic rings. The molecule has 116 valence electrons. The Morgan fingerprint density at radius 2 is 1.75 bits per heavy atom. The fraction of sp³-hybridized carbons (Fsp3) is 0.0556. The number of fused-ring (bicyclic) bond motifs is 1. The van der Waals surface area contributed by atoms with E-state index in [1.807, 2.05) is 24.3 Å². The number of rotatable bonds is 3. The number of benzene rings is 3. The maximum absolute atomic E-state index is 12.5. The van der Waals surface area contributed by atoms with E-state index in [2.05, 4.69) is 5.32 Å². The first-order valence-corrected chi connectivity index (χ1v) is 7.33. The van der Waals surface area contributed by atoms with Crippen LogP contribution in [0.15, 0.2) is 54.6 Å². The minimum atomic E-state index is -0.436. The molecule has 3 aromatic carbocycles. The van der Waals surface area contributed by atoms with E-state index >= 15 is 0 Å². The fourth-order valence-corrected chi connectivity index (χ4v) is 2.55. The Kier molecular flexibility index (Phi) is 6.13. The molecule has 0 saturated carbocycles. The predicted molar refractivity (Wildman–Crippen MR) is 91.6 cm³/mol. The first kappa shape index (κ1) is 18.6. The monoisotopic (exact) mass is 350 g/mol. The van der Waals surface area contributed by atoms with Crippen molar-refractivity contribution < 1.29 is 44.2 Å². The van der Waals surface area contributed by atoms with Crippen molar-refractivity contribution in [2.75, 3.05) is 12.4 Å². The summed E-state index contributed by atoms with van der Waals surface area (Å²) in [4.78, 5) is 12.5. The summed E-state index contributed by atoms with van der Waals surface area (Å²) in [6.07, 6.45) is 0. The SMILES string of the molecule is COc1ccc(Cl)cc1NC(=O)c1cc2ccccc2cc1O.[Na+]. The van der Waals surface area contributed by atoms with Gasteiger partial charge in [-0.25, -0.2) is 0 Å². The third-order valence-electron chi connectivity index (χ3n) is 3.52. The quantitative estimate of drug-likeness (QED) is 0.703. The molecule has 0 aliphatic heterocycles. The van der Waals surface area contributed by atoms with Gasteiger partial charge in [0, 0.05) is 5.02 Å². The van der Waals surface area contributed by atoms with Crippen molar-refractivity contribution in [1.29, 1.82) is 0 Å². The minimum absolute atomic E-state index is 0. The van der Waals surface area contributed by atoms with Crippen LogP contribution in [0.3, 0.4) is 0 Å². The van der Waals surface area contributed by atoms with E-state index in [4.69, 9.17) is 16.3 Å². The van der Waals surface area contributed by atoms with E-state index in [1.54, 1.807) is 30.3 Å². The molecule has 0 aliphatic carbocycles. The van der Waals surface area contributed by atoms with E-state index < -0.39 is 5.91 Å². The van der Waals surface area contributed by atoms with Gasteiger partial charge in [0.25, 0.3) is 5.91 Å². The smallest absolute Gasteiger partial charge is 0.507 e. The Morgan fingerprint density at radius 3 is 2.42 bits per heavy atom. The second-order valence-electron chi connectivity index (χ2n) is 5.02. The standard InChI is InChI=1S/C18H14ClNO3.Na/c1-23-17-7-6-13(19)10-15(17)20-18(22)14-8-11-4-2-3-5-12(11)9-16(14)21;/h2-10,21H,1H3,(H,20,22);/q;+1. The summed E-state index contributed by atoms with van der Waals surface area (Å²) in [6.45, 7) is 0. The summed E-state index contributed by atoms with van der Waals surface area (Å²) < 4.78 is 5.20. The molecule has 0 unspecified atom stereocenters. The number of phenols is 1. The van der Waals surface area contributed by atoms with Crippen molar-refractivity contribution >= 4 is 34.0 Å². The molecule has 1 amide bonds. The fourth-order valence-electron chi connectivity index (χ4n) is 2.38. The van der Waals surface area contributed by atoms with Crippen LogP contribution < -0.4 is 39.6 Å². The first-order valence-electron chi connectivity index (χ1n) is 6.95.